The van der Waals surface area contributed by atoms with E-state index in [1.54, 1.807) is 62.8 Å². The fourth-order valence-electron chi connectivity index (χ4n) is 2.23. The zero-order valence-electron chi connectivity index (χ0n) is 15.2. The molecular weight excluding hydrogens is 364 g/mol. The first-order chi connectivity index (χ1) is 12.9. The number of carbonyl (C=O) groups excluding carboxylic acids is 2. The molecule has 2 rings (SSSR count). The highest BCUT2D eigenvalue weighted by Crippen LogP contribution is 2.27. The second-order valence-electron chi connectivity index (χ2n) is 5.52. The number of nitrogens with one attached hydrogen (secondary N) is 2. The monoisotopic (exact) mass is 384 g/mol. The second-order valence-corrected chi connectivity index (χ2v) is 5.93. The third-order valence-corrected chi connectivity index (χ3v) is 3.82. The van der Waals surface area contributed by atoms with Gasteiger partial charge < -0.3 is 14.8 Å². The van der Waals surface area contributed by atoms with Gasteiger partial charge >= 0.3 is 0 Å². The summed E-state index contributed by atoms with van der Waals surface area (Å²) in [7, 11) is 3.10. The number of methoxy groups -OCH3 is 2. The molecule has 0 fully saturated rings. The number of anilines is 1. The zero-order valence-corrected chi connectivity index (χ0v) is 16.1. The average Bonchev–Trinajstić information content (AvgIpc) is 2.66. The Kier molecular flexibility index (Phi) is 7.08. The van der Waals surface area contributed by atoms with Gasteiger partial charge in [-0.3, -0.25) is 14.9 Å². The van der Waals surface area contributed by atoms with E-state index < -0.39 is 0 Å². The summed E-state index contributed by atoms with van der Waals surface area (Å²) in [4.78, 5) is 23.3. The molecule has 6 nitrogen and oxygen atoms in total. The van der Waals surface area contributed by atoms with Crippen molar-refractivity contribution >= 4 is 40.8 Å². The molecule has 1 amide bonds. The van der Waals surface area contributed by atoms with Gasteiger partial charge in [0.2, 0.25) is 5.91 Å². The van der Waals surface area contributed by atoms with Crippen molar-refractivity contribution in [3.05, 3.63) is 59.7 Å². The molecule has 27 heavy (non-hydrogen) atoms. The maximum atomic E-state index is 12.0. The molecule has 0 aliphatic carbocycles. The van der Waals surface area contributed by atoms with Gasteiger partial charge in [-0.15, -0.1) is 0 Å². The van der Waals surface area contributed by atoms with Crippen LogP contribution in [0.1, 0.15) is 22.8 Å². The van der Waals surface area contributed by atoms with Crippen LogP contribution in [-0.2, 0) is 4.79 Å². The highest BCUT2D eigenvalue weighted by atomic mass is 32.1. The maximum Gasteiger partial charge on any atom is 0.250 e. The molecule has 0 aromatic heterocycles. The van der Waals surface area contributed by atoms with Gasteiger partial charge in [0.05, 0.1) is 14.2 Å². The molecule has 0 heterocycles. The number of Topliss-reactive ketones (excluding diaryl/α,β-unsaturated/α-hetero) is 1. The Balaban J connectivity index is 1.93. The number of ketones is 1. The van der Waals surface area contributed by atoms with Gasteiger partial charge in [-0.05, 0) is 67.2 Å². The highest BCUT2D eigenvalue weighted by Gasteiger charge is 2.05. The van der Waals surface area contributed by atoms with E-state index in [0.29, 0.717) is 22.7 Å². The quantitative estimate of drug-likeness (QED) is 0.451. The third kappa shape index (κ3) is 5.93. The molecule has 0 aliphatic rings. The summed E-state index contributed by atoms with van der Waals surface area (Å²) in [6.07, 6.45) is 3.01. The van der Waals surface area contributed by atoms with E-state index >= 15 is 0 Å². The molecule has 0 atom stereocenters. The van der Waals surface area contributed by atoms with Crippen molar-refractivity contribution < 1.29 is 19.1 Å². The lowest BCUT2D eigenvalue weighted by Gasteiger charge is -2.09. The Morgan fingerprint density at radius 2 is 1.67 bits per heavy atom. The van der Waals surface area contributed by atoms with Crippen LogP contribution >= 0.6 is 12.2 Å². The molecule has 0 bridgehead atoms. The van der Waals surface area contributed by atoms with Crippen LogP contribution in [0.3, 0.4) is 0 Å². The molecular formula is C20H20N2O4S. The number of rotatable bonds is 6. The predicted octanol–water partition coefficient (Wildman–Crippen LogP) is 3.43. The van der Waals surface area contributed by atoms with Crippen LogP contribution < -0.4 is 20.1 Å². The number of hydrogen-bond acceptors (Lipinski definition) is 5. The summed E-state index contributed by atoms with van der Waals surface area (Å²) in [5.41, 5.74) is 2.06. The summed E-state index contributed by atoms with van der Waals surface area (Å²) in [5, 5.41) is 5.61. The van der Waals surface area contributed by atoms with Crippen molar-refractivity contribution in [3.8, 4) is 11.5 Å². The number of thiocarbonyl (C=S) groups is 1. The standard InChI is InChI=1S/C20H20N2O4S/c1-13(23)15-6-8-16(9-7-15)21-20(27)22-19(24)11-5-14-4-10-17(25-2)18(12-14)26-3/h4-12H,1-3H3,(H2,21,22,24,27). The first-order valence-electron chi connectivity index (χ1n) is 8.06. The minimum atomic E-state index is -0.373. The van der Waals surface area contributed by atoms with Gasteiger partial charge in [0.1, 0.15) is 0 Å². The molecule has 2 N–H and O–H groups in total. The summed E-state index contributed by atoms with van der Waals surface area (Å²) in [6.45, 7) is 1.50. The smallest absolute Gasteiger partial charge is 0.250 e. The number of ether oxygens (including phenoxy) is 2. The number of benzene rings is 2. The van der Waals surface area contributed by atoms with Crippen LogP contribution in [0.2, 0.25) is 0 Å². The van der Waals surface area contributed by atoms with Gasteiger partial charge in [-0.2, -0.15) is 0 Å². The lowest BCUT2D eigenvalue weighted by Crippen LogP contribution is -2.32. The molecule has 7 heteroatoms. The molecule has 0 unspecified atom stereocenters. The predicted molar refractivity (Wildman–Crippen MR) is 109 cm³/mol. The van der Waals surface area contributed by atoms with Crippen molar-refractivity contribution in [1.82, 2.24) is 5.32 Å². The van der Waals surface area contributed by atoms with Gasteiger partial charge in [0, 0.05) is 17.3 Å². The molecule has 0 spiro atoms. The fraction of sp³-hybridized carbons (Fsp3) is 0.150. The number of amides is 1. The van der Waals surface area contributed by atoms with E-state index in [4.69, 9.17) is 21.7 Å². The second kappa shape index (κ2) is 9.49. The van der Waals surface area contributed by atoms with E-state index in [9.17, 15) is 9.59 Å². The molecule has 2 aromatic carbocycles. The van der Waals surface area contributed by atoms with E-state index in [1.165, 1.54) is 13.0 Å². The Morgan fingerprint density at radius 3 is 2.26 bits per heavy atom. The van der Waals surface area contributed by atoms with Crippen LogP contribution in [-0.4, -0.2) is 31.0 Å². The highest BCUT2D eigenvalue weighted by molar-refractivity contribution is 7.80. The SMILES string of the molecule is COc1ccc(C=CC(=O)NC(=S)Nc2ccc(C(C)=O)cc2)cc1OC. The summed E-state index contributed by atoms with van der Waals surface area (Å²) >= 11 is 5.12. The fourth-order valence-corrected chi connectivity index (χ4v) is 2.45. The van der Waals surface area contributed by atoms with Crippen LogP contribution in [0.5, 0.6) is 11.5 Å². The van der Waals surface area contributed by atoms with E-state index in [1.807, 2.05) is 0 Å². The Labute approximate surface area is 163 Å². The zero-order chi connectivity index (χ0) is 19.8. The van der Waals surface area contributed by atoms with Crippen molar-refractivity contribution in [3.63, 3.8) is 0 Å². The number of hydrogen-bond donors (Lipinski definition) is 2. The van der Waals surface area contributed by atoms with Crippen molar-refractivity contribution in [2.24, 2.45) is 0 Å². The maximum absolute atomic E-state index is 12.0. The topological polar surface area (TPSA) is 76.7 Å². The Bertz CT molecular complexity index is 876. The van der Waals surface area contributed by atoms with Crippen molar-refractivity contribution in [2.45, 2.75) is 6.92 Å². The first-order valence-corrected chi connectivity index (χ1v) is 8.47. The van der Waals surface area contributed by atoms with E-state index in [-0.39, 0.29) is 16.8 Å². The minimum absolute atomic E-state index is 0.0160. The van der Waals surface area contributed by atoms with E-state index in [2.05, 4.69) is 10.6 Å². The van der Waals surface area contributed by atoms with Crippen LogP contribution in [0, 0.1) is 0 Å². The molecule has 0 saturated carbocycles. The van der Waals surface area contributed by atoms with Gasteiger partial charge in [0.25, 0.3) is 0 Å². The van der Waals surface area contributed by atoms with Crippen molar-refractivity contribution in [2.75, 3.05) is 19.5 Å². The lowest BCUT2D eigenvalue weighted by molar-refractivity contribution is -0.115. The minimum Gasteiger partial charge on any atom is -0.493 e. The molecule has 2 aromatic rings. The summed E-state index contributed by atoms with van der Waals surface area (Å²) < 4.78 is 10.4. The van der Waals surface area contributed by atoms with Gasteiger partial charge in [-0.1, -0.05) is 6.07 Å². The van der Waals surface area contributed by atoms with E-state index in [0.717, 1.165) is 5.56 Å². The molecule has 0 saturated heterocycles. The van der Waals surface area contributed by atoms with Gasteiger partial charge in [-0.25, -0.2) is 0 Å². The summed E-state index contributed by atoms with van der Waals surface area (Å²) in [6, 6.07) is 12.1. The first kappa shape index (κ1) is 20.1. The lowest BCUT2D eigenvalue weighted by atomic mass is 10.1. The van der Waals surface area contributed by atoms with Crippen LogP contribution in [0.25, 0.3) is 6.08 Å². The summed E-state index contributed by atoms with van der Waals surface area (Å²) in [5.74, 6) is 0.798. The van der Waals surface area contributed by atoms with Crippen molar-refractivity contribution in [1.29, 1.82) is 0 Å². The molecule has 0 radical (unpaired) electrons. The average molecular weight is 384 g/mol. The number of carbonyl (C=O) groups is 2. The molecule has 0 aliphatic heterocycles. The third-order valence-electron chi connectivity index (χ3n) is 3.62. The normalized spacial score (nSPS) is 10.3. The Hall–Kier alpha value is -3.19. The van der Waals surface area contributed by atoms with Gasteiger partial charge in [0.15, 0.2) is 22.4 Å². The Morgan fingerprint density at radius 1 is 1.00 bits per heavy atom. The molecule has 140 valence electrons. The largest absolute Gasteiger partial charge is 0.493 e. The van der Waals surface area contributed by atoms with Crippen LogP contribution in [0.4, 0.5) is 5.69 Å². The van der Waals surface area contributed by atoms with Crippen LogP contribution in [0.15, 0.2) is 48.5 Å².